The molecule has 4 heterocycles. The summed E-state index contributed by atoms with van der Waals surface area (Å²) in [7, 11) is 0. The third kappa shape index (κ3) is 5.06. The predicted molar refractivity (Wildman–Crippen MR) is 126 cm³/mol. The van der Waals surface area contributed by atoms with Crippen molar-refractivity contribution in [2.45, 2.75) is 16.3 Å². The molecule has 0 fully saturated rings. The number of urea groups is 1. The van der Waals surface area contributed by atoms with E-state index in [9.17, 15) is 14.3 Å². The highest BCUT2D eigenvalue weighted by Crippen LogP contribution is 2.27. The van der Waals surface area contributed by atoms with Crippen molar-refractivity contribution in [2.24, 2.45) is 0 Å². The molecule has 11 nitrogen and oxygen atoms in total. The number of hydrogen-bond donors (Lipinski definition) is 4. The van der Waals surface area contributed by atoms with Crippen LogP contribution in [0.4, 0.5) is 15.0 Å². The summed E-state index contributed by atoms with van der Waals surface area (Å²) in [5.41, 5.74) is 2.71. The summed E-state index contributed by atoms with van der Waals surface area (Å²) in [6.45, 7) is -0.547. The highest BCUT2D eigenvalue weighted by molar-refractivity contribution is 7.99. The van der Waals surface area contributed by atoms with Crippen LogP contribution in [0.5, 0.6) is 0 Å². The Morgan fingerprint density at radius 1 is 1.09 bits per heavy atom. The Balaban J connectivity index is 1.35. The summed E-state index contributed by atoms with van der Waals surface area (Å²) in [5.74, 6) is -0.0452. The first-order valence-electron chi connectivity index (χ1n) is 10.5. The van der Waals surface area contributed by atoms with E-state index in [1.807, 2.05) is 28.8 Å². The van der Waals surface area contributed by atoms with Gasteiger partial charge in [0.05, 0.1) is 18.9 Å². The number of hydrogen-bond acceptors (Lipinski definition) is 8. The van der Waals surface area contributed by atoms with Crippen molar-refractivity contribution in [1.29, 1.82) is 0 Å². The third-order valence-corrected chi connectivity index (χ3v) is 5.86. The lowest BCUT2D eigenvalue weighted by Gasteiger charge is -2.08. The number of rotatable bonds is 7. The molecule has 1 atom stereocenters. The van der Waals surface area contributed by atoms with E-state index in [1.54, 1.807) is 24.4 Å². The molecule has 13 heteroatoms. The van der Waals surface area contributed by atoms with Crippen LogP contribution in [0.3, 0.4) is 0 Å². The van der Waals surface area contributed by atoms with Crippen molar-refractivity contribution in [2.75, 3.05) is 18.5 Å². The topological polar surface area (TPSA) is 142 Å². The molecule has 1 unspecified atom stereocenters. The Kier molecular flexibility index (Phi) is 6.27. The lowest BCUT2D eigenvalue weighted by atomic mass is 10.1. The minimum Gasteiger partial charge on any atom is -0.394 e. The first kappa shape index (κ1) is 22.7. The number of halogens is 1. The fourth-order valence-electron chi connectivity index (χ4n) is 3.29. The number of amides is 2. The number of aliphatic hydroxyl groups excluding tert-OH is 2. The number of fused-ring (bicyclic) bond motifs is 2. The van der Waals surface area contributed by atoms with Crippen LogP contribution in [-0.4, -0.2) is 64.7 Å². The molecule has 0 aliphatic rings. The van der Waals surface area contributed by atoms with Gasteiger partial charge in [-0.05, 0) is 59.3 Å². The van der Waals surface area contributed by atoms with Crippen molar-refractivity contribution >= 4 is 34.9 Å². The molecule has 0 aliphatic heterocycles. The van der Waals surface area contributed by atoms with Gasteiger partial charge >= 0.3 is 6.03 Å². The molecule has 0 saturated heterocycles. The van der Waals surface area contributed by atoms with E-state index in [1.165, 1.54) is 28.4 Å². The highest BCUT2D eigenvalue weighted by atomic mass is 32.2. The molecule has 5 aromatic rings. The van der Waals surface area contributed by atoms with E-state index in [0.717, 1.165) is 11.1 Å². The summed E-state index contributed by atoms with van der Waals surface area (Å²) in [6.07, 6.45) is 2.35. The number of aliphatic hydroxyl groups is 2. The standard InChI is InChI=1S/C22H19FN8O3S/c23-15-3-1-2-13(8-15)14-4-5-19-27-28-22(30(19)10-14)35-20-7-6-18-25-17(11-31(18)29-20)26-21(34)24-9-16(33)12-32/h1-8,10-11,16,32-33H,9,12H2,(H2,24,26,34). The number of aromatic nitrogens is 6. The van der Waals surface area contributed by atoms with E-state index >= 15 is 0 Å². The number of benzene rings is 1. The zero-order chi connectivity index (χ0) is 24.4. The van der Waals surface area contributed by atoms with Gasteiger partial charge in [0.1, 0.15) is 10.8 Å². The number of anilines is 1. The normalized spacial score (nSPS) is 12.2. The largest absolute Gasteiger partial charge is 0.394 e. The summed E-state index contributed by atoms with van der Waals surface area (Å²) >= 11 is 1.29. The molecule has 0 saturated carbocycles. The Morgan fingerprint density at radius 3 is 2.77 bits per heavy atom. The molecule has 0 spiro atoms. The molecule has 0 aliphatic carbocycles. The van der Waals surface area contributed by atoms with E-state index in [4.69, 9.17) is 5.11 Å². The maximum Gasteiger partial charge on any atom is 0.320 e. The lowest BCUT2D eigenvalue weighted by Crippen LogP contribution is -2.36. The maximum atomic E-state index is 13.7. The summed E-state index contributed by atoms with van der Waals surface area (Å²) in [6, 6.07) is 13.0. The van der Waals surface area contributed by atoms with Gasteiger partial charge in [0.2, 0.25) is 5.16 Å². The third-order valence-electron chi connectivity index (χ3n) is 4.97. The summed E-state index contributed by atoms with van der Waals surface area (Å²) < 4.78 is 17.0. The average Bonchev–Trinajstić information content (AvgIpc) is 3.45. The number of imidazole rings is 1. The SMILES string of the molecule is O=C(NCC(O)CO)Nc1cn2nc(Sc3nnc4ccc(-c5cccc(F)c5)cn34)ccc2n1. The molecule has 4 aromatic heterocycles. The number of nitrogens with one attached hydrogen (secondary N) is 2. The maximum absolute atomic E-state index is 13.7. The number of pyridine rings is 1. The van der Waals surface area contributed by atoms with Gasteiger partial charge in [-0.1, -0.05) is 12.1 Å². The zero-order valence-electron chi connectivity index (χ0n) is 18.0. The molecule has 1 aromatic carbocycles. The Morgan fingerprint density at radius 2 is 1.94 bits per heavy atom. The van der Waals surface area contributed by atoms with Crippen LogP contribution in [0.1, 0.15) is 0 Å². The molecule has 0 radical (unpaired) electrons. The lowest BCUT2D eigenvalue weighted by molar-refractivity contribution is 0.0965. The monoisotopic (exact) mass is 494 g/mol. The van der Waals surface area contributed by atoms with E-state index in [2.05, 4.69) is 30.9 Å². The number of carbonyl (C=O) groups is 1. The van der Waals surface area contributed by atoms with Crippen LogP contribution in [0, 0.1) is 5.82 Å². The molecule has 0 bridgehead atoms. The van der Waals surface area contributed by atoms with Crippen molar-refractivity contribution < 1.29 is 19.4 Å². The second kappa shape index (κ2) is 9.66. The predicted octanol–water partition coefficient (Wildman–Crippen LogP) is 2.20. The van der Waals surface area contributed by atoms with Gasteiger partial charge in [-0.2, -0.15) is 5.10 Å². The van der Waals surface area contributed by atoms with Gasteiger partial charge in [-0.15, -0.1) is 10.2 Å². The van der Waals surface area contributed by atoms with E-state index in [-0.39, 0.29) is 18.2 Å². The van der Waals surface area contributed by atoms with Crippen LogP contribution in [0.25, 0.3) is 22.4 Å². The molecule has 2 amide bonds. The van der Waals surface area contributed by atoms with Crippen LogP contribution in [0.15, 0.2) is 71.1 Å². The molecular weight excluding hydrogens is 475 g/mol. The van der Waals surface area contributed by atoms with Crippen molar-refractivity contribution in [3.63, 3.8) is 0 Å². The van der Waals surface area contributed by atoms with Crippen LogP contribution < -0.4 is 10.6 Å². The van der Waals surface area contributed by atoms with Crippen molar-refractivity contribution in [3.05, 3.63) is 66.7 Å². The van der Waals surface area contributed by atoms with E-state index in [0.29, 0.717) is 21.5 Å². The number of nitrogens with zero attached hydrogens (tertiary/aromatic N) is 6. The van der Waals surface area contributed by atoms with Crippen LogP contribution in [0.2, 0.25) is 0 Å². The first-order valence-corrected chi connectivity index (χ1v) is 11.3. The zero-order valence-corrected chi connectivity index (χ0v) is 18.9. The highest BCUT2D eigenvalue weighted by Gasteiger charge is 2.13. The molecule has 35 heavy (non-hydrogen) atoms. The molecule has 4 N–H and O–H groups in total. The fraction of sp³-hybridized carbons (Fsp3) is 0.136. The van der Waals surface area contributed by atoms with Gasteiger partial charge in [0.25, 0.3) is 0 Å². The van der Waals surface area contributed by atoms with Gasteiger partial charge in [0, 0.05) is 12.7 Å². The van der Waals surface area contributed by atoms with Gasteiger partial charge in [-0.25, -0.2) is 18.7 Å². The minimum atomic E-state index is -1.04. The Hall–Kier alpha value is -4.07. The Labute approximate surface area is 201 Å². The molecular formula is C22H19FN8O3S. The second-order valence-electron chi connectivity index (χ2n) is 7.51. The van der Waals surface area contributed by atoms with Crippen LogP contribution >= 0.6 is 11.8 Å². The minimum absolute atomic E-state index is 0.0953. The van der Waals surface area contributed by atoms with Gasteiger partial charge in [-0.3, -0.25) is 9.72 Å². The Bertz CT molecular complexity index is 1520. The van der Waals surface area contributed by atoms with Gasteiger partial charge < -0.3 is 15.5 Å². The molecule has 5 rings (SSSR count). The number of carbonyl (C=O) groups excluding carboxylic acids is 1. The summed E-state index contributed by atoms with van der Waals surface area (Å²) in [5, 5.41) is 37.2. The quantitative estimate of drug-likeness (QED) is 0.270. The van der Waals surface area contributed by atoms with Crippen LogP contribution in [-0.2, 0) is 0 Å². The second-order valence-corrected chi connectivity index (χ2v) is 8.50. The first-order chi connectivity index (χ1) is 17.0. The van der Waals surface area contributed by atoms with Crippen molar-refractivity contribution in [3.8, 4) is 11.1 Å². The van der Waals surface area contributed by atoms with Gasteiger partial charge in [0.15, 0.2) is 17.1 Å². The van der Waals surface area contributed by atoms with E-state index < -0.39 is 18.7 Å². The fourth-order valence-corrected chi connectivity index (χ4v) is 4.06. The van der Waals surface area contributed by atoms with Crippen molar-refractivity contribution in [1.82, 2.24) is 34.5 Å². The molecule has 178 valence electrons. The smallest absolute Gasteiger partial charge is 0.320 e. The average molecular weight is 495 g/mol. The summed E-state index contributed by atoms with van der Waals surface area (Å²) in [4.78, 5) is 16.2.